The molecule has 0 radical (unpaired) electrons. The molecule has 2 rings (SSSR count). The van der Waals surface area contributed by atoms with Gasteiger partial charge in [0.05, 0.1) is 13.0 Å². The van der Waals surface area contributed by atoms with Crippen molar-refractivity contribution < 1.29 is 9.53 Å². The van der Waals surface area contributed by atoms with E-state index >= 15 is 0 Å². The highest BCUT2D eigenvalue weighted by Gasteiger charge is 2.23. The summed E-state index contributed by atoms with van der Waals surface area (Å²) in [5, 5.41) is 6.26. The fourth-order valence-electron chi connectivity index (χ4n) is 2.62. The van der Waals surface area contributed by atoms with Crippen LogP contribution in [0, 0.1) is 26.7 Å². The summed E-state index contributed by atoms with van der Waals surface area (Å²) in [4.78, 5) is 12.2. The van der Waals surface area contributed by atoms with Crippen molar-refractivity contribution in [1.82, 2.24) is 5.32 Å². The largest absolute Gasteiger partial charge is 0.496 e. The van der Waals surface area contributed by atoms with Gasteiger partial charge in [0.15, 0.2) is 0 Å². The second-order valence-electron chi connectivity index (χ2n) is 5.20. The summed E-state index contributed by atoms with van der Waals surface area (Å²) in [6, 6.07) is 1.99. The molecule has 104 valence electrons. The average Bonchev–Trinajstić information content (AvgIpc) is 2.90. The maximum Gasteiger partial charge on any atom is 0.228 e. The van der Waals surface area contributed by atoms with Gasteiger partial charge < -0.3 is 15.4 Å². The summed E-state index contributed by atoms with van der Waals surface area (Å²) in [6.45, 7) is 7.74. The van der Waals surface area contributed by atoms with Crippen LogP contribution in [0.3, 0.4) is 0 Å². The first-order valence-electron chi connectivity index (χ1n) is 6.71. The van der Waals surface area contributed by atoms with Crippen LogP contribution < -0.4 is 15.4 Å². The van der Waals surface area contributed by atoms with E-state index in [1.807, 2.05) is 26.8 Å². The van der Waals surface area contributed by atoms with Crippen LogP contribution in [0.5, 0.6) is 5.75 Å². The molecule has 1 aliphatic heterocycles. The number of hydrogen-bond donors (Lipinski definition) is 2. The SMILES string of the molecule is COc1c(C)cc(NC(=O)C2CCNC2)c(C)c1C. The minimum absolute atomic E-state index is 0.0853. The van der Waals surface area contributed by atoms with Crippen molar-refractivity contribution in [2.45, 2.75) is 27.2 Å². The van der Waals surface area contributed by atoms with E-state index in [-0.39, 0.29) is 11.8 Å². The third-order valence-corrected chi connectivity index (χ3v) is 3.92. The summed E-state index contributed by atoms with van der Waals surface area (Å²) >= 11 is 0. The predicted molar refractivity (Wildman–Crippen MR) is 76.8 cm³/mol. The van der Waals surface area contributed by atoms with E-state index < -0.39 is 0 Å². The Hall–Kier alpha value is -1.55. The number of nitrogens with one attached hydrogen (secondary N) is 2. The van der Waals surface area contributed by atoms with Gasteiger partial charge in [0.1, 0.15) is 5.75 Å². The number of carbonyl (C=O) groups excluding carboxylic acids is 1. The molecule has 1 heterocycles. The first-order valence-corrected chi connectivity index (χ1v) is 6.71. The molecular weight excluding hydrogens is 240 g/mol. The third-order valence-electron chi connectivity index (χ3n) is 3.92. The zero-order valence-corrected chi connectivity index (χ0v) is 12.1. The molecule has 4 nitrogen and oxygen atoms in total. The summed E-state index contributed by atoms with van der Waals surface area (Å²) < 4.78 is 5.39. The number of hydrogen-bond acceptors (Lipinski definition) is 3. The number of carbonyl (C=O) groups is 1. The first-order chi connectivity index (χ1) is 9.04. The fraction of sp³-hybridized carbons (Fsp3) is 0.533. The molecule has 1 aromatic carbocycles. The lowest BCUT2D eigenvalue weighted by molar-refractivity contribution is -0.119. The lowest BCUT2D eigenvalue weighted by Gasteiger charge is -2.17. The van der Waals surface area contributed by atoms with Crippen LogP contribution in [-0.2, 0) is 4.79 Å². The molecule has 0 spiro atoms. The van der Waals surface area contributed by atoms with E-state index in [0.717, 1.165) is 47.6 Å². The third kappa shape index (κ3) is 2.73. The average molecular weight is 262 g/mol. The highest BCUT2D eigenvalue weighted by atomic mass is 16.5. The Morgan fingerprint density at radius 1 is 1.37 bits per heavy atom. The van der Waals surface area contributed by atoms with Gasteiger partial charge in [-0.2, -0.15) is 0 Å². The minimum atomic E-state index is 0.0853. The quantitative estimate of drug-likeness (QED) is 0.877. The number of ether oxygens (including phenoxy) is 1. The van der Waals surface area contributed by atoms with E-state index in [4.69, 9.17) is 4.74 Å². The van der Waals surface area contributed by atoms with Crippen molar-refractivity contribution in [3.05, 3.63) is 22.8 Å². The van der Waals surface area contributed by atoms with Gasteiger partial charge in [-0.3, -0.25) is 4.79 Å². The van der Waals surface area contributed by atoms with E-state index in [2.05, 4.69) is 10.6 Å². The Labute approximate surface area is 114 Å². The molecule has 1 atom stereocenters. The molecular formula is C15H22N2O2. The monoisotopic (exact) mass is 262 g/mol. The molecule has 1 unspecified atom stereocenters. The van der Waals surface area contributed by atoms with Crippen LogP contribution in [0.15, 0.2) is 6.07 Å². The molecule has 0 aromatic heterocycles. The van der Waals surface area contributed by atoms with Crippen LogP contribution in [0.2, 0.25) is 0 Å². The molecule has 2 N–H and O–H groups in total. The lowest BCUT2D eigenvalue weighted by Crippen LogP contribution is -2.25. The smallest absolute Gasteiger partial charge is 0.228 e. The summed E-state index contributed by atoms with van der Waals surface area (Å²) in [5.74, 6) is 1.09. The van der Waals surface area contributed by atoms with Crippen molar-refractivity contribution in [1.29, 1.82) is 0 Å². The van der Waals surface area contributed by atoms with Gasteiger partial charge in [-0.1, -0.05) is 0 Å². The molecule has 0 saturated carbocycles. The number of benzene rings is 1. The Morgan fingerprint density at radius 2 is 2.11 bits per heavy atom. The van der Waals surface area contributed by atoms with Crippen molar-refractivity contribution in [2.24, 2.45) is 5.92 Å². The molecule has 1 saturated heterocycles. The van der Waals surface area contributed by atoms with Gasteiger partial charge in [-0.05, 0) is 56.5 Å². The van der Waals surface area contributed by atoms with Gasteiger partial charge >= 0.3 is 0 Å². The second kappa shape index (κ2) is 5.61. The van der Waals surface area contributed by atoms with Gasteiger partial charge in [0, 0.05) is 12.2 Å². The van der Waals surface area contributed by atoms with Crippen molar-refractivity contribution in [3.8, 4) is 5.75 Å². The second-order valence-corrected chi connectivity index (χ2v) is 5.20. The number of anilines is 1. The molecule has 1 aromatic rings. The summed E-state index contributed by atoms with van der Waals surface area (Å²) in [5.41, 5.74) is 4.10. The Balaban J connectivity index is 2.23. The summed E-state index contributed by atoms with van der Waals surface area (Å²) in [7, 11) is 1.68. The minimum Gasteiger partial charge on any atom is -0.496 e. The number of rotatable bonds is 3. The predicted octanol–water partition coefficient (Wildman–Crippen LogP) is 2.17. The van der Waals surface area contributed by atoms with Gasteiger partial charge in [0.25, 0.3) is 0 Å². The van der Waals surface area contributed by atoms with E-state index in [0.29, 0.717) is 0 Å². The topological polar surface area (TPSA) is 50.4 Å². The molecule has 19 heavy (non-hydrogen) atoms. The van der Waals surface area contributed by atoms with Crippen LogP contribution >= 0.6 is 0 Å². The molecule has 4 heteroatoms. The van der Waals surface area contributed by atoms with Gasteiger partial charge in [-0.15, -0.1) is 0 Å². The van der Waals surface area contributed by atoms with E-state index in [9.17, 15) is 4.79 Å². The van der Waals surface area contributed by atoms with Crippen LogP contribution in [-0.4, -0.2) is 26.1 Å². The maximum absolute atomic E-state index is 12.2. The molecule has 1 fully saturated rings. The zero-order chi connectivity index (χ0) is 14.0. The number of amides is 1. The van der Waals surface area contributed by atoms with Crippen LogP contribution in [0.4, 0.5) is 5.69 Å². The maximum atomic E-state index is 12.2. The highest BCUT2D eigenvalue weighted by molar-refractivity contribution is 5.94. The summed E-state index contributed by atoms with van der Waals surface area (Å²) in [6.07, 6.45) is 0.916. The normalized spacial score (nSPS) is 18.4. The Kier molecular flexibility index (Phi) is 4.10. The van der Waals surface area contributed by atoms with Crippen molar-refractivity contribution >= 4 is 11.6 Å². The van der Waals surface area contributed by atoms with E-state index in [1.165, 1.54) is 0 Å². The van der Waals surface area contributed by atoms with Crippen LogP contribution in [0.1, 0.15) is 23.1 Å². The first kappa shape index (κ1) is 13.9. The van der Waals surface area contributed by atoms with Crippen molar-refractivity contribution in [2.75, 3.05) is 25.5 Å². The Morgan fingerprint density at radius 3 is 2.68 bits per heavy atom. The molecule has 1 amide bonds. The van der Waals surface area contributed by atoms with Crippen molar-refractivity contribution in [3.63, 3.8) is 0 Å². The number of methoxy groups -OCH3 is 1. The zero-order valence-electron chi connectivity index (χ0n) is 12.1. The highest BCUT2D eigenvalue weighted by Crippen LogP contribution is 2.31. The van der Waals surface area contributed by atoms with Gasteiger partial charge in [0.2, 0.25) is 5.91 Å². The molecule has 0 aliphatic carbocycles. The van der Waals surface area contributed by atoms with E-state index in [1.54, 1.807) is 7.11 Å². The molecule has 1 aliphatic rings. The fourth-order valence-corrected chi connectivity index (χ4v) is 2.62. The number of aryl methyl sites for hydroxylation is 1. The van der Waals surface area contributed by atoms with Gasteiger partial charge in [-0.25, -0.2) is 0 Å². The van der Waals surface area contributed by atoms with Crippen LogP contribution in [0.25, 0.3) is 0 Å². The lowest BCUT2D eigenvalue weighted by atomic mass is 10.0. The standard InChI is InChI=1S/C15H22N2O2/c1-9-7-13(10(2)11(3)14(9)19-4)17-15(18)12-5-6-16-8-12/h7,12,16H,5-6,8H2,1-4H3,(H,17,18). The molecule has 0 bridgehead atoms. The Bertz CT molecular complexity index is 491.